The topological polar surface area (TPSA) is 104 Å². The molecule has 3 amide bonds. The molecule has 0 aromatic carbocycles. The first-order valence-corrected chi connectivity index (χ1v) is 7.94. The molecule has 0 bridgehead atoms. The number of rotatable bonds is 6. The fourth-order valence-corrected chi connectivity index (χ4v) is 2.78. The van der Waals surface area contributed by atoms with E-state index in [1.165, 1.54) is 0 Å². The molecule has 0 aromatic rings. The lowest BCUT2D eigenvalue weighted by Crippen LogP contribution is -2.54. The number of primary amides is 1. The molecule has 0 aliphatic heterocycles. The summed E-state index contributed by atoms with van der Waals surface area (Å²) in [5.41, 5.74) is 4.31. The van der Waals surface area contributed by atoms with Crippen LogP contribution in [0.2, 0.25) is 0 Å². The standard InChI is InChI=1S/C15H29N3O3/c1-3-11(2)12(18-14(16)20)13(19)17-10-15(21)8-6-4-5-7-9-15/h11-12,21H,3-10H2,1-2H3,(H,17,19)(H3,16,18,20). The molecule has 2 atom stereocenters. The van der Waals surface area contributed by atoms with Gasteiger partial charge in [0.1, 0.15) is 6.04 Å². The van der Waals surface area contributed by atoms with Crippen LogP contribution in [0, 0.1) is 5.92 Å². The summed E-state index contributed by atoms with van der Waals surface area (Å²) < 4.78 is 0. The zero-order valence-electron chi connectivity index (χ0n) is 13.2. The number of nitrogens with one attached hydrogen (secondary N) is 2. The third-order valence-electron chi connectivity index (χ3n) is 4.42. The van der Waals surface area contributed by atoms with Crippen molar-refractivity contribution in [3.63, 3.8) is 0 Å². The van der Waals surface area contributed by atoms with Crippen molar-refractivity contribution < 1.29 is 14.7 Å². The van der Waals surface area contributed by atoms with Gasteiger partial charge in [-0.2, -0.15) is 0 Å². The molecule has 1 rings (SSSR count). The highest BCUT2D eigenvalue weighted by molar-refractivity contribution is 5.86. The quantitative estimate of drug-likeness (QED) is 0.555. The Bertz CT molecular complexity index is 352. The predicted molar refractivity (Wildman–Crippen MR) is 81.6 cm³/mol. The van der Waals surface area contributed by atoms with Gasteiger partial charge in [-0.1, -0.05) is 46.0 Å². The zero-order valence-corrected chi connectivity index (χ0v) is 13.2. The molecule has 1 aliphatic carbocycles. The van der Waals surface area contributed by atoms with Crippen molar-refractivity contribution in [2.45, 2.75) is 70.4 Å². The van der Waals surface area contributed by atoms with Gasteiger partial charge in [-0.3, -0.25) is 4.79 Å². The van der Waals surface area contributed by atoms with E-state index in [4.69, 9.17) is 5.73 Å². The van der Waals surface area contributed by atoms with Crippen LogP contribution in [-0.2, 0) is 4.79 Å². The van der Waals surface area contributed by atoms with Gasteiger partial charge < -0.3 is 21.5 Å². The highest BCUT2D eigenvalue weighted by Gasteiger charge is 2.31. The lowest BCUT2D eigenvalue weighted by Gasteiger charge is -2.29. The van der Waals surface area contributed by atoms with Crippen molar-refractivity contribution in [1.82, 2.24) is 10.6 Å². The Labute approximate surface area is 126 Å². The largest absolute Gasteiger partial charge is 0.388 e. The monoisotopic (exact) mass is 299 g/mol. The second kappa shape index (κ2) is 8.22. The molecular weight excluding hydrogens is 270 g/mol. The summed E-state index contributed by atoms with van der Waals surface area (Å²) in [7, 11) is 0. The number of carbonyl (C=O) groups is 2. The van der Waals surface area contributed by atoms with Gasteiger partial charge in [0.25, 0.3) is 0 Å². The molecule has 122 valence electrons. The summed E-state index contributed by atoms with van der Waals surface area (Å²) in [6.07, 6.45) is 6.42. The average Bonchev–Trinajstić information content (AvgIpc) is 2.66. The minimum absolute atomic E-state index is 0.0127. The van der Waals surface area contributed by atoms with Crippen LogP contribution in [0.1, 0.15) is 58.8 Å². The molecule has 0 spiro atoms. The van der Waals surface area contributed by atoms with Crippen LogP contribution in [0.3, 0.4) is 0 Å². The molecule has 1 saturated carbocycles. The van der Waals surface area contributed by atoms with Crippen molar-refractivity contribution in [2.75, 3.05) is 6.54 Å². The van der Waals surface area contributed by atoms with E-state index in [1.807, 2.05) is 13.8 Å². The first-order valence-electron chi connectivity index (χ1n) is 7.94. The van der Waals surface area contributed by atoms with Crippen molar-refractivity contribution in [2.24, 2.45) is 11.7 Å². The van der Waals surface area contributed by atoms with Crippen molar-refractivity contribution in [3.05, 3.63) is 0 Å². The molecule has 6 nitrogen and oxygen atoms in total. The highest BCUT2D eigenvalue weighted by Crippen LogP contribution is 2.26. The van der Waals surface area contributed by atoms with Crippen molar-refractivity contribution in [3.8, 4) is 0 Å². The summed E-state index contributed by atoms with van der Waals surface area (Å²) in [6, 6.07) is -1.36. The maximum atomic E-state index is 12.3. The Morgan fingerprint density at radius 3 is 2.29 bits per heavy atom. The summed E-state index contributed by atoms with van der Waals surface area (Å²) >= 11 is 0. The fraction of sp³-hybridized carbons (Fsp3) is 0.867. The van der Waals surface area contributed by atoms with E-state index in [0.29, 0.717) is 12.8 Å². The van der Waals surface area contributed by atoms with Gasteiger partial charge in [-0.15, -0.1) is 0 Å². The number of hydrogen-bond acceptors (Lipinski definition) is 3. The Balaban J connectivity index is 2.57. The van der Waals surface area contributed by atoms with Gasteiger partial charge in [0.15, 0.2) is 0 Å². The third kappa shape index (κ3) is 5.91. The van der Waals surface area contributed by atoms with E-state index in [-0.39, 0.29) is 18.4 Å². The third-order valence-corrected chi connectivity index (χ3v) is 4.42. The van der Waals surface area contributed by atoms with Crippen LogP contribution >= 0.6 is 0 Å². The average molecular weight is 299 g/mol. The van der Waals surface area contributed by atoms with E-state index in [1.54, 1.807) is 0 Å². The van der Waals surface area contributed by atoms with E-state index in [9.17, 15) is 14.7 Å². The molecule has 0 aromatic heterocycles. The Kier molecular flexibility index (Phi) is 6.95. The van der Waals surface area contributed by atoms with E-state index in [0.717, 1.165) is 32.1 Å². The highest BCUT2D eigenvalue weighted by atomic mass is 16.3. The molecule has 0 radical (unpaired) electrons. The molecule has 0 saturated heterocycles. The van der Waals surface area contributed by atoms with Crippen LogP contribution in [0.15, 0.2) is 0 Å². The first-order chi connectivity index (χ1) is 9.88. The minimum atomic E-state index is -0.821. The second-order valence-electron chi connectivity index (χ2n) is 6.23. The minimum Gasteiger partial charge on any atom is -0.388 e. The van der Waals surface area contributed by atoms with Crippen molar-refractivity contribution >= 4 is 11.9 Å². The maximum Gasteiger partial charge on any atom is 0.312 e. The normalized spacial score (nSPS) is 20.9. The lowest BCUT2D eigenvalue weighted by atomic mass is 9.93. The number of aliphatic hydroxyl groups is 1. The van der Waals surface area contributed by atoms with E-state index >= 15 is 0 Å². The fourth-order valence-electron chi connectivity index (χ4n) is 2.78. The number of nitrogens with two attached hydrogens (primary N) is 1. The smallest absolute Gasteiger partial charge is 0.312 e. The molecule has 21 heavy (non-hydrogen) atoms. The van der Waals surface area contributed by atoms with Crippen LogP contribution < -0.4 is 16.4 Å². The van der Waals surface area contributed by atoms with Crippen molar-refractivity contribution in [1.29, 1.82) is 0 Å². The molecular formula is C15H29N3O3. The number of carbonyl (C=O) groups excluding carboxylic acids is 2. The maximum absolute atomic E-state index is 12.3. The predicted octanol–water partition coefficient (Wildman–Crippen LogP) is 1.27. The van der Waals surface area contributed by atoms with Crippen LogP contribution in [0.4, 0.5) is 4.79 Å². The summed E-state index contributed by atoms with van der Waals surface area (Å²) in [4.78, 5) is 23.3. The molecule has 1 aliphatic rings. The van der Waals surface area contributed by atoms with E-state index < -0.39 is 17.7 Å². The van der Waals surface area contributed by atoms with E-state index in [2.05, 4.69) is 10.6 Å². The van der Waals surface area contributed by atoms with Gasteiger partial charge in [0.2, 0.25) is 5.91 Å². The number of hydrogen-bond donors (Lipinski definition) is 4. The SMILES string of the molecule is CCC(C)C(NC(N)=O)C(=O)NCC1(O)CCCCCC1. The van der Waals surface area contributed by atoms with Gasteiger partial charge >= 0.3 is 6.03 Å². The van der Waals surface area contributed by atoms with Gasteiger partial charge in [-0.25, -0.2) is 4.79 Å². The van der Waals surface area contributed by atoms with Gasteiger partial charge in [-0.05, 0) is 18.8 Å². The lowest BCUT2D eigenvalue weighted by molar-refractivity contribution is -0.125. The summed E-state index contributed by atoms with van der Waals surface area (Å²) in [5.74, 6) is -0.290. The van der Waals surface area contributed by atoms with Gasteiger partial charge in [0, 0.05) is 6.54 Å². The van der Waals surface area contributed by atoms with Crippen LogP contribution in [0.25, 0.3) is 0 Å². The molecule has 0 heterocycles. The molecule has 2 unspecified atom stereocenters. The number of urea groups is 1. The van der Waals surface area contributed by atoms with Crippen LogP contribution in [-0.4, -0.2) is 35.2 Å². The summed E-state index contributed by atoms with van der Waals surface area (Å²) in [5, 5.41) is 15.8. The molecule has 1 fully saturated rings. The second-order valence-corrected chi connectivity index (χ2v) is 6.23. The van der Waals surface area contributed by atoms with Crippen LogP contribution in [0.5, 0.6) is 0 Å². The zero-order chi connectivity index (χ0) is 15.9. The van der Waals surface area contributed by atoms with Gasteiger partial charge in [0.05, 0.1) is 5.60 Å². The molecule has 5 N–H and O–H groups in total. The number of amides is 3. The Hall–Kier alpha value is -1.30. The summed E-state index contributed by atoms with van der Waals surface area (Å²) in [6.45, 7) is 4.08. The molecule has 6 heteroatoms. The first kappa shape index (κ1) is 17.8. The Morgan fingerprint density at radius 1 is 1.24 bits per heavy atom. The Morgan fingerprint density at radius 2 is 1.81 bits per heavy atom.